The summed E-state index contributed by atoms with van der Waals surface area (Å²) in [6.45, 7) is 3.68. The van der Waals surface area contributed by atoms with Gasteiger partial charge in [0.15, 0.2) is 0 Å². The first kappa shape index (κ1) is 20.0. The van der Waals surface area contributed by atoms with Crippen LogP contribution in [0, 0.1) is 19.7 Å². The van der Waals surface area contributed by atoms with E-state index in [1.807, 2.05) is 32.1 Å². The Morgan fingerprint density at radius 3 is 2.43 bits per heavy atom. The van der Waals surface area contributed by atoms with Crippen LogP contribution < -0.4 is 15.5 Å². The van der Waals surface area contributed by atoms with Gasteiger partial charge in [-0.1, -0.05) is 6.07 Å². The maximum atomic E-state index is 13.7. The number of halogens is 1. The number of amides is 1. The molecule has 0 bridgehead atoms. The quantitative estimate of drug-likeness (QED) is 0.825. The lowest BCUT2D eigenvalue weighted by molar-refractivity contribution is 0.0926. The molecule has 150 valence electrons. The molecule has 2 aromatic rings. The Balaban J connectivity index is 1.52. The van der Waals surface area contributed by atoms with E-state index < -0.39 is 0 Å². The van der Waals surface area contributed by atoms with Crippen LogP contribution in [0.1, 0.15) is 47.2 Å². The summed E-state index contributed by atoms with van der Waals surface area (Å²) in [5.41, 5.74) is 1.95. The van der Waals surface area contributed by atoms with Crippen molar-refractivity contribution in [1.29, 1.82) is 0 Å². The topological polar surface area (TPSA) is 70.2 Å². The molecule has 0 radical (unpaired) electrons. The van der Waals surface area contributed by atoms with Crippen molar-refractivity contribution in [2.45, 2.75) is 51.6 Å². The molecule has 6 nitrogen and oxygen atoms in total. The number of anilines is 2. The molecule has 28 heavy (non-hydrogen) atoms. The van der Waals surface area contributed by atoms with Crippen molar-refractivity contribution < 1.29 is 9.18 Å². The molecule has 2 N–H and O–H groups in total. The van der Waals surface area contributed by atoms with E-state index in [0.717, 1.165) is 37.1 Å². The minimum Gasteiger partial charge on any atom is -0.362 e. The Kier molecular flexibility index (Phi) is 6.11. The van der Waals surface area contributed by atoms with Gasteiger partial charge in [-0.3, -0.25) is 4.79 Å². The van der Waals surface area contributed by atoms with Crippen molar-refractivity contribution in [1.82, 2.24) is 15.3 Å². The number of rotatable bonds is 5. The average molecular weight is 385 g/mol. The number of hydrogen-bond donors (Lipinski definition) is 2. The zero-order valence-electron chi connectivity index (χ0n) is 16.9. The van der Waals surface area contributed by atoms with E-state index in [-0.39, 0.29) is 23.8 Å². The molecular weight excluding hydrogens is 357 g/mol. The lowest BCUT2D eigenvalue weighted by Gasteiger charge is -2.30. The van der Waals surface area contributed by atoms with Crippen molar-refractivity contribution in [3.63, 3.8) is 0 Å². The van der Waals surface area contributed by atoms with Crippen molar-refractivity contribution in [3.8, 4) is 0 Å². The Morgan fingerprint density at radius 2 is 1.79 bits per heavy atom. The fourth-order valence-electron chi connectivity index (χ4n) is 3.52. The fraction of sp³-hybridized carbons (Fsp3) is 0.476. The summed E-state index contributed by atoms with van der Waals surface area (Å²) in [7, 11) is 3.93. The first-order valence-electron chi connectivity index (χ1n) is 9.68. The van der Waals surface area contributed by atoms with E-state index in [1.54, 1.807) is 19.1 Å². The number of aromatic nitrogens is 2. The highest BCUT2D eigenvalue weighted by atomic mass is 19.1. The summed E-state index contributed by atoms with van der Waals surface area (Å²) in [5, 5.41) is 6.44. The number of aryl methyl sites for hydroxylation is 2. The van der Waals surface area contributed by atoms with Crippen LogP contribution in [0.4, 0.5) is 16.2 Å². The molecule has 7 heteroatoms. The average Bonchev–Trinajstić information content (AvgIpc) is 2.66. The predicted octanol–water partition coefficient (Wildman–Crippen LogP) is 3.45. The van der Waals surface area contributed by atoms with Crippen molar-refractivity contribution in [3.05, 3.63) is 46.9 Å². The molecular formula is C21H28FN5O. The number of hydrogen-bond acceptors (Lipinski definition) is 5. The van der Waals surface area contributed by atoms with Gasteiger partial charge in [0, 0.05) is 43.5 Å². The lowest BCUT2D eigenvalue weighted by Crippen LogP contribution is -2.40. The molecule has 1 aliphatic carbocycles. The van der Waals surface area contributed by atoms with E-state index in [9.17, 15) is 9.18 Å². The van der Waals surface area contributed by atoms with Crippen LogP contribution in [-0.2, 0) is 0 Å². The summed E-state index contributed by atoms with van der Waals surface area (Å²) < 4.78 is 13.7. The number of nitrogens with zero attached hydrogens (tertiary/aromatic N) is 3. The molecule has 1 heterocycles. The molecule has 1 aromatic carbocycles. The normalized spacial score (nSPS) is 19.2. The fourth-order valence-corrected chi connectivity index (χ4v) is 3.52. The van der Waals surface area contributed by atoms with Gasteiger partial charge in [-0.15, -0.1) is 0 Å². The third-order valence-electron chi connectivity index (χ3n) is 5.20. The van der Waals surface area contributed by atoms with E-state index >= 15 is 0 Å². The molecule has 1 fully saturated rings. The van der Waals surface area contributed by atoms with Crippen molar-refractivity contribution in [2.24, 2.45) is 0 Å². The molecule has 0 aliphatic heterocycles. The van der Waals surface area contributed by atoms with Gasteiger partial charge in [0.05, 0.1) is 0 Å². The van der Waals surface area contributed by atoms with E-state index in [1.165, 1.54) is 6.07 Å². The summed E-state index contributed by atoms with van der Waals surface area (Å²) in [5.74, 6) is 0.976. The predicted molar refractivity (Wildman–Crippen MR) is 109 cm³/mol. The van der Waals surface area contributed by atoms with Crippen LogP contribution >= 0.6 is 0 Å². The number of benzene rings is 1. The van der Waals surface area contributed by atoms with Gasteiger partial charge in [0.25, 0.3) is 5.91 Å². The highest BCUT2D eigenvalue weighted by molar-refractivity contribution is 5.94. The van der Waals surface area contributed by atoms with Gasteiger partial charge in [0.2, 0.25) is 5.95 Å². The molecule has 1 saturated carbocycles. The van der Waals surface area contributed by atoms with E-state index in [2.05, 4.69) is 20.6 Å². The van der Waals surface area contributed by atoms with Crippen LogP contribution in [0.5, 0.6) is 0 Å². The van der Waals surface area contributed by atoms with Crippen molar-refractivity contribution in [2.75, 3.05) is 24.3 Å². The largest absolute Gasteiger partial charge is 0.362 e. The van der Waals surface area contributed by atoms with Gasteiger partial charge in [-0.25, -0.2) is 9.37 Å². The van der Waals surface area contributed by atoms with E-state index in [0.29, 0.717) is 17.1 Å². The molecule has 1 aliphatic rings. The van der Waals surface area contributed by atoms with Crippen LogP contribution in [0.15, 0.2) is 24.4 Å². The second-order valence-electron chi connectivity index (χ2n) is 7.72. The summed E-state index contributed by atoms with van der Waals surface area (Å²) in [6, 6.07) is 4.98. The van der Waals surface area contributed by atoms with Gasteiger partial charge in [0.1, 0.15) is 11.6 Å². The second kappa shape index (κ2) is 8.54. The SMILES string of the molecule is Cc1ccc(C(=O)N[C@H]2CC[C@@H](Nc3ncc(C)c(N(C)C)n3)CC2)cc1F. The Labute approximate surface area is 165 Å². The monoisotopic (exact) mass is 385 g/mol. The van der Waals surface area contributed by atoms with Crippen LogP contribution in [0.3, 0.4) is 0 Å². The lowest BCUT2D eigenvalue weighted by atomic mass is 9.91. The van der Waals surface area contributed by atoms with Crippen molar-refractivity contribution >= 4 is 17.7 Å². The third kappa shape index (κ3) is 4.77. The summed E-state index contributed by atoms with van der Waals surface area (Å²) >= 11 is 0. The minimum atomic E-state index is -0.351. The number of nitrogens with one attached hydrogen (secondary N) is 2. The van der Waals surface area contributed by atoms with Gasteiger partial charge >= 0.3 is 0 Å². The maximum absolute atomic E-state index is 13.7. The van der Waals surface area contributed by atoms with Crippen LogP contribution in [-0.4, -0.2) is 42.1 Å². The van der Waals surface area contributed by atoms with Gasteiger partial charge in [-0.2, -0.15) is 4.98 Å². The molecule has 0 unspecified atom stereocenters. The Hall–Kier alpha value is -2.70. The number of carbonyl (C=O) groups is 1. The summed E-state index contributed by atoms with van der Waals surface area (Å²) in [6.07, 6.45) is 5.40. The highest BCUT2D eigenvalue weighted by Crippen LogP contribution is 2.23. The van der Waals surface area contributed by atoms with Gasteiger partial charge < -0.3 is 15.5 Å². The van der Waals surface area contributed by atoms with Crippen LogP contribution in [0.2, 0.25) is 0 Å². The van der Waals surface area contributed by atoms with Crippen LogP contribution in [0.25, 0.3) is 0 Å². The molecule has 1 amide bonds. The first-order valence-corrected chi connectivity index (χ1v) is 9.68. The highest BCUT2D eigenvalue weighted by Gasteiger charge is 2.23. The molecule has 3 rings (SSSR count). The Bertz CT molecular complexity index is 847. The molecule has 0 atom stereocenters. The minimum absolute atomic E-state index is 0.103. The maximum Gasteiger partial charge on any atom is 0.251 e. The summed E-state index contributed by atoms with van der Waals surface area (Å²) in [4.78, 5) is 23.3. The molecule has 1 aromatic heterocycles. The zero-order chi connectivity index (χ0) is 20.3. The molecule has 0 spiro atoms. The molecule has 0 saturated heterocycles. The van der Waals surface area contributed by atoms with E-state index in [4.69, 9.17) is 0 Å². The first-order chi connectivity index (χ1) is 13.3. The number of carbonyl (C=O) groups excluding carboxylic acids is 1. The second-order valence-corrected chi connectivity index (χ2v) is 7.72. The standard InChI is InChI=1S/C21H28FN5O/c1-13-5-6-15(11-18(13)22)20(28)24-16-7-9-17(10-8-16)25-21-23-12-14(2)19(26-21)27(3)4/h5-6,11-12,16-17H,7-10H2,1-4H3,(H,24,28)(H,23,25,26)/t16-,17+. The smallest absolute Gasteiger partial charge is 0.251 e. The van der Waals surface area contributed by atoms with Gasteiger partial charge in [-0.05, 0) is 57.2 Å². The zero-order valence-corrected chi connectivity index (χ0v) is 16.9. The third-order valence-corrected chi connectivity index (χ3v) is 5.20. The Morgan fingerprint density at radius 1 is 1.11 bits per heavy atom.